The van der Waals surface area contributed by atoms with E-state index >= 15 is 0 Å². The SMILES string of the molecule is COc1ccc(-c2nc(SCC(=O)N3CCN(C(=O)OC(C)(C)C)CC3)n[nH]2)cc1. The molecule has 10 heteroatoms. The molecule has 0 bridgehead atoms. The highest BCUT2D eigenvalue weighted by atomic mass is 32.2. The number of thioether (sulfide) groups is 1. The second kappa shape index (κ2) is 9.38. The molecule has 2 amide bonds. The molecule has 2 aromatic rings. The first-order valence-electron chi connectivity index (χ1n) is 9.70. The molecule has 9 nitrogen and oxygen atoms in total. The zero-order chi connectivity index (χ0) is 21.7. The largest absolute Gasteiger partial charge is 0.497 e. The van der Waals surface area contributed by atoms with Crippen LogP contribution in [0.15, 0.2) is 29.4 Å². The Labute approximate surface area is 180 Å². The lowest BCUT2D eigenvalue weighted by atomic mass is 10.2. The number of amides is 2. The molecule has 1 saturated heterocycles. The van der Waals surface area contributed by atoms with Crippen molar-refractivity contribution in [2.45, 2.75) is 31.5 Å². The maximum atomic E-state index is 12.5. The molecule has 1 aromatic heterocycles. The van der Waals surface area contributed by atoms with Gasteiger partial charge in [-0.1, -0.05) is 11.8 Å². The fraction of sp³-hybridized carbons (Fsp3) is 0.500. The number of nitrogens with zero attached hydrogens (tertiary/aromatic N) is 4. The number of carbonyl (C=O) groups is 2. The van der Waals surface area contributed by atoms with Crippen LogP contribution in [0.4, 0.5) is 4.79 Å². The van der Waals surface area contributed by atoms with Gasteiger partial charge in [-0.3, -0.25) is 9.89 Å². The third-order valence-corrected chi connectivity index (χ3v) is 5.27. The van der Waals surface area contributed by atoms with E-state index in [1.165, 1.54) is 11.8 Å². The van der Waals surface area contributed by atoms with Gasteiger partial charge < -0.3 is 19.3 Å². The normalized spacial score (nSPS) is 14.5. The van der Waals surface area contributed by atoms with Gasteiger partial charge in [-0.25, -0.2) is 9.78 Å². The van der Waals surface area contributed by atoms with Crippen LogP contribution >= 0.6 is 11.8 Å². The summed E-state index contributed by atoms with van der Waals surface area (Å²) < 4.78 is 10.5. The lowest BCUT2D eigenvalue weighted by Gasteiger charge is -2.35. The number of methoxy groups -OCH3 is 1. The van der Waals surface area contributed by atoms with E-state index in [0.717, 1.165) is 11.3 Å². The first-order valence-corrected chi connectivity index (χ1v) is 10.7. The van der Waals surface area contributed by atoms with Gasteiger partial charge in [0.05, 0.1) is 12.9 Å². The van der Waals surface area contributed by atoms with E-state index in [1.54, 1.807) is 16.9 Å². The zero-order valence-corrected chi connectivity index (χ0v) is 18.5. The van der Waals surface area contributed by atoms with Gasteiger partial charge in [0.2, 0.25) is 11.1 Å². The molecule has 0 spiro atoms. The van der Waals surface area contributed by atoms with Crippen LogP contribution in [-0.2, 0) is 9.53 Å². The Balaban J connectivity index is 1.46. The van der Waals surface area contributed by atoms with Crippen LogP contribution in [0.25, 0.3) is 11.4 Å². The van der Waals surface area contributed by atoms with Gasteiger partial charge in [-0.15, -0.1) is 5.10 Å². The molecule has 0 radical (unpaired) electrons. The van der Waals surface area contributed by atoms with Gasteiger partial charge in [0.25, 0.3) is 0 Å². The summed E-state index contributed by atoms with van der Waals surface area (Å²) in [5, 5.41) is 7.59. The molecule has 0 saturated carbocycles. The fourth-order valence-electron chi connectivity index (χ4n) is 2.87. The van der Waals surface area contributed by atoms with Crippen molar-refractivity contribution in [2.75, 3.05) is 39.0 Å². The van der Waals surface area contributed by atoms with Crippen molar-refractivity contribution in [3.8, 4) is 17.1 Å². The quantitative estimate of drug-likeness (QED) is 0.724. The molecule has 3 rings (SSSR count). The number of hydrogen-bond donors (Lipinski definition) is 1. The van der Waals surface area contributed by atoms with E-state index in [0.29, 0.717) is 37.2 Å². The van der Waals surface area contributed by atoms with Gasteiger partial charge in [-0.05, 0) is 45.0 Å². The Hall–Kier alpha value is -2.75. The standard InChI is InChI=1S/C20H27N5O4S/c1-20(2,3)29-19(27)25-11-9-24(10-12-25)16(26)13-30-18-21-17(22-23-18)14-5-7-15(28-4)8-6-14/h5-8H,9-13H2,1-4H3,(H,21,22,23). The van der Waals surface area contributed by atoms with Crippen molar-refractivity contribution in [3.63, 3.8) is 0 Å². The van der Waals surface area contributed by atoms with E-state index in [2.05, 4.69) is 15.2 Å². The molecule has 162 valence electrons. The number of ether oxygens (including phenoxy) is 2. The van der Waals surface area contributed by atoms with Crippen LogP contribution in [0, 0.1) is 0 Å². The number of piperazine rings is 1. The summed E-state index contributed by atoms with van der Waals surface area (Å²) >= 11 is 1.29. The second-order valence-electron chi connectivity index (χ2n) is 7.83. The predicted molar refractivity (Wildman–Crippen MR) is 113 cm³/mol. The summed E-state index contributed by atoms with van der Waals surface area (Å²) in [6.07, 6.45) is -0.337. The molecule has 30 heavy (non-hydrogen) atoms. The number of rotatable bonds is 5. The average molecular weight is 434 g/mol. The maximum Gasteiger partial charge on any atom is 0.410 e. The number of carbonyl (C=O) groups excluding carboxylic acids is 2. The summed E-state index contributed by atoms with van der Waals surface area (Å²) in [5.74, 6) is 1.65. The molecule has 1 aromatic carbocycles. The molecule has 0 aliphatic carbocycles. The van der Waals surface area contributed by atoms with Crippen LogP contribution in [-0.4, -0.2) is 81.6 Å². The van der Waals surface area contributed by atoms with Crippen molar-refractivity contribution in [1.29, 1.82) is 0 Å². The molecular weight excluding hydrogens is 406 g/mol. The number of aromatic amines is 1. The summed E-state index contributed by atoms with van der Waals surface area (Å²) in [7, 11) is 1.62. The lowest BCUT2D eigenvalue weighted by Crippen LogP contribution is -2.52. The molecule has 1 fully saturated rings. The number of hydrogen-bond acceptors (Lipinski definition) is 7. The van der Waals surface area contributed by atoms with Crippen molar-refractivity contribution >= 4 is 23.8 Å². The molecule has 1 aliphatic rings. The minimum absolute atomic E-state index is 0.000337. The Morgan fingerprint density at radius 2 is 1.73 bits per heavy atom. The van der Waals surface area contributed by atoms with Gasteiger partial charge in [0.1, 0.15) is 11.4 Å². The topological polar surface area (TPSA) is 101 Å². The fourth-order valence-corrected chi connectivity index (χ4v) is 3.57. The molecule has 2 heterocycles. The minimum atomic E-state index is -0.526. The maximum absolute atomic E-state index is 12.5. The zero-order valence-electron chi connectivity index (χ0n) is 17.7. The Morgan fingerprint density at radius 3 is 2.33 bits per heavy atom. The van der Waals surface area contributed by atoms with Crippen LogP contribution < -0.4 is 4.74 Å². The predicted octanol–water partition coefficient (Wildman–Crippen LogP) is 2.65. The summed E-state index contributed by atoms with van der Waals surface area (Å²) in [4.78, 5) is 32.5. The second-order valence-corrected chi connectivity index (χ2v) is 8.77. The van der Waals surface area contributed by atoms with E-state index in [-0.39, 0.29) is 17.8 Å². The van der Waals surface area contributed by atoms with Crippen molar-refractivity contribution < 1.29 is 19.1 Å². The third kappa shape index (κ3) is 5.88. The third-order valence-electron chi connectivity index (χ3n) is 4.44. The van der Waals surface area contributed by atoms with Crippen molar-refractivity contribution in [2.24, 2.45) is 0 Å². The number of aromatic nitrogens is 3. The molecule has 1 aliphatic heterocycles. The Bertz CT molecular complexity index is 870. The monoisotopic (exact) mass is 433 g/mol. The van der Waals surface area contributed by atoms with E-state index in [1.807, 2.05) is 45.0 Å². The van der Waals surface area contributed by atoms with Crippen LogP contribution in [0.3, 0.4) is 0 Å². The first-order chi connectivity index (χ1) is 14.2. The highest BCUT2D eigenvalue weighted by molar-refractivity contribution is 7.99. The Kier molecular flexibility index (Phi) is 6.86. The van der Waals surface area contributed by atoms with E-state index in [4.69, 9.17) is 9.47 Å². The molecule has 1 N–H and O–H groups in total. The van der Waals surface area contributed by atoms with E-state index < -0.39 is 5.60 Å². The highest BCUT2D eigenvalue weighted by Gasteiger charge is 2.27. The summed E-state index contributed by atoms with van der Waals surface area (Å²) in [6.45, 7) is 7.43. The highest BCUT2D eigenvalue weighted by Crippen LogP contribution is 2.22. The average Bonchev–Trinajstić information content (AvgIpc) is 3.20. The van der Waals surface area contributed by atoms with Crippen LogP contribution in [0.2, 0.25) is 0 Å². The van der Waals surface area contributed by atoms with Crippen LogP contribution in [0.5, 0.6) is 5.75 Å². The van der Waals surface area contributed by atoms with Crippen molar-refractivity contribution in [3.05, 3.63) is 24.3 Å². The lowest BCUT2D eigenvalue weighted by molar-refractivity contribution is -0.130. The number of H-pyrrole nitrogens is 1. The number of benzene rings is 1. The van der Waals surface area contributed by atoms with Gasteiger partial charge in [0.15, 0.2) is 5.82 Å². The molecule has 0 atom stereocenters. The Morgan fingerprint density at radius 1 is 1.10 bits per heavy atom. The first kappa shape index (κ1) is 21.9. The summed E-state index contributed by atoms with van der Waals surface area (Å²) in [5.41, 5.74) is 0.363. The molecular formula is C20H27N5O4S. The van der Waals surface area contributed by atoms with Gasteiger partial charge in [-0.2, -0.15) is 0 Å². The van der Waals surface area contributed by atoms with Gasteiger partial charge in [0, 0.05) is 31.7 Å². The van der Waals surface area contributed by atoms with E-state index in [9.17, 15) is 9.59 Å². The summed E-state index contributed by atoms with van der Waals surface area (Å²) in [6, 6.07) is 7.49. The number of nitrogens with one attached hydrogen (secondary N) is 1. The molecule has 0 unspecified atom stereocenters. The van der Waals surface area contributed by atoms with Gasteiger partial charge >= 0.3 is 6.09 Å². The smallest absolute Gasteiger partial charge is 0.410 e. The van der Waals surface area contributed by atoms with Crippen LogP contribution in [0.1, 0.15) is 20.8 Å². The minimum Gasteiger partial charge on any atom is -0.497 e. The van der Waals surface area contributed by atoms with Crippen molar-refractivity contribution in [1.82, 2.24) is 25.0 Å².